The maximum atomic E-state index is 12.9. The number of nitrogens with one attached hydrogen (secondary N) is 1. The van der Waals surface area contributed by atoms with Crippen LogP contribution in [0.2, 0.25) is 0 Å². The van der Waals surface area contributed by atoms with Gasteiger partial charge in [0.25, 0.3) is 11.5 Å². The van der Waals surface area contributed by atoms with E-state index in [2.05, 4.69) is 10.4 Å². The summed E-state index contributed by atoms with van der Waals surface area (Å²) in [5.41, 5.74) is 7.61. The average Bonchev–Trinajstić information content (AvgIpc) is 3.40. The number of piperidine rings is 1. The second kappa shape index (κ2) is 8.72. The number of amides is 2. The van der Waals surface area contributed by atoms with Gasteiger partial charge in [-0.2, -0.15) is 4.31 Å². The van der Waals surface area contributed by atoms with Gasteiger partial charge in [0.15, 0.2) is 0 Å². The average molecular weight is 493 g/mol. The van der Waals surface area contributed by atoms with E-state index in [9.17, 15) is 22.8 Å². The lowest BCUT2D eigenvalue weighted by Crippen LogP contribution is -2.43. The van der Waals surface area contributed by atoms with Crippen LogP contribution in [0.5, 0.6) is 0 Å². The van der Waals surface area contributed by atoms with Crippen molar-refractivity contribution in [1.29, 1.82) is 0 Å². The molecule has 0 aromatic carbocycles. The van der Waals surface area contributed by atoms with E-state index in [-0.39, 0.29) is 35.1 Å². The summed E-state index contributed by atoms with van der Waals surface area (Å²) in [5, 5.41) is 0.457. The monoisotopic (exact) mass is 492 g/mol. The van der Waals surface area contributed by atoms with Crippen molar-refractivity contribution < 1.29 is 18.0 Å². The SMILES string of the molecule is CCc1cc2c(=O)n(NC(=O)C3CCN(S(=O)(=O)c4cc(C(N)=O)n(C)c4)CC3)cnc2s1. The number of hydrogen-bond acceptors (Lipinski definition) is 7. The second-order valence-corrected chi connectivity index (χ2v) is 10.9. The minimum Gasteiger partial charge on any atom is -0.364 e. The van der Waals surface area contributed by atoms with Crippen LogP contribution in [0, 0.1) is 5.92 Å². The molecule has 4 rings (SSSR count). The summed E-state index contributed by atoms with van der Waals surface area (Å²) in [6.45, 7) is 2.27. The van der Waals surface area contributed by atoms with Gasteiger partial charge in [0, 0.05) is 37.1 Å². The fourth-order valence-corrected chi connectivity index (χ4v) is 6.33. The topological polar surface area (TPSA) is 149 Å². The zero-order chi connectivity index (χ0) is 23.9. The maximum Gasteiger partial charge on any atom is 0.280 e. The van der Waals surface area contributed by atoms with E-state index in [1.807, 2.05) is 6.92 Å². The number of primary amides is 1. The van der Waals surface area contributed by atoms with Gasteiger partial charge in [-0.15, -0.1) is 11.3 Å². The van der Waals surface area contributed by atoms with Crippen LogP contribution in [0.15, 0.2) is 34.3 Å². The minimum atomic E-state index is -3.83. The van der Waals surface area contributed by atoms with Crippen LogP contribution in [0.1, 0.15) is 35.1 Å². The lowest BCUT2D eigenvalue weighted by Gasteiger charge is -2.30. The number of sulfonamides is 1. The van der Waals surface area contributed by atoms with Crippen LogP contribution >= 0.6 is 11.3 Å². The number of aryl methyl sites for hydroxylation is 2. The van der Waals surface area contributed by atoms with Crippen molar-refractivity contribution in [2.24, 2.45) is 18.7 Å². The summed E-state index contributed by atoms with van der Waals surface area (Å²) in [5.74, 6) is -1.53. The quantitative estimate of drug-likeness (QED) is 0.515. The van der Waals surface area contributed by atoms with E-state index >= 15 is 0 Å². The Bertz CT molecular complexity index is 1400. The number of fused-ring (bicyclic) bond motifs is 1. The van der Waals surface area contributed by atoms with Gasteiger partial charge in [0.05, 0.1) is 5.39 Å². The number of carbonyl (C=O) groups is 2. The Kier molecular flexibility index (Phi) is 6.12. The Balaban J connectivity index is 1.43. The third-order valence-electron chi connectivity index (χ3n) is 5.78. The van der Waals surface area contributed by atoms with E-state index in [0.29, 0.717) is 23.1 Å². The molecule has 3 N–H and O–H groups in total. The molecule has 33 heavy (non-hydrogen) atoms. The first-order chi connectivity index (χ1) is 15.6. The Morgan fingerprint density at radius 1 is 1.27 bits per heavy atom. The van der Waals surface area contributed by atoms with Gasteiger partial charge in [-0.1, -0.05) is 6.92 Å². The van der Waals surface area contributed by atoms with E-state index in [1.165, 1.54) is 38.8 Å². The number of hydrogen-bond donors (Lipinski definition) is 2. The largest absolute Gasteiger partial charge is 0.364 e. The fraction of sp³-hybridized carbons (Fsp3) is 0.400. The highest BCUT2D eigenvalue weighted by Crippen LogP contribution is 2.25. The summed E-state index contributed by atoms with van der Waals surface area (Å²) in [4.78, 5) is 42.8. The van der Waals surface area contributed by atoms with Crippen molar-refractivity contribution in [2.45, 2.75) is 31.1 Å². The number of carbonyl (C=O) groups excluding carboxylic acids is 2. The molecule has 11 nitrogen and oxygen atoms in total. The van der Waals surface area contributed by atoms with Crippen molar-refractivity contribution in [3.8, 4) is 0 Å². The molecule has 0 radical (unpaired) electrons. The zero-order valence-electron chi connectivity index (χ0n) is 18.1. The molecular formula is C20H24N6O5S2. The molecule has 1 aliphatic rings. The summed E-state index contributed by atoms with van der Waals surface area (Å²) < 4.78 is 29.6. The van der Waals surface area contributed by atoms with Crippen molar-refractivity contribution in [2.75, 3.05) is 18.5 Å². The molecule has 0 saturated carbocycles. The first-order valence-corrected chi connectivity index (χ1v) is 12.6. The normalized spacial score (nSPS) is 15.7. The molecule has 1 saturated heterocycles. The van der Waals surface area contributed by atoms with Gasteiger partial charge < -0.3 is 10.3 Å². The molecule has 3 aromatic heterocycles. The van der Waals surface area contributed by atoms with Gasteiger partial charge in [-0.3, -0.25) is 19.8 Å². The molecule has 0 aliphatic carbocycles. The van der Waals surface area contributed by atoms with Crippen LogP contribution in [-0.2, 0) is 28.3 Å². The minimum absolute atomic E-state index is 0.0187. The smallest absolute Gasteiger partial charge is 0.280 e. The van der Waals surface area contributed by atoms with E-state index in [1.54, 1.807) is 13.1 Å². The van der Waals surface area contributed by atoms with Crippen LogP contribution < -0.4 is 16.7 Å². The number of aromatic nitrogens is 3. The van der Waals surface area contributed by atoms with Gasteiger partial charge in [0.2, 0.25) is 15.9 Å². The summed E-state index contributed by atoms with van der Waals surface area (Å²) >= 11 is 1.44. The highest BCUT2D eigenvalue weighted by atomic mass is 32.2. The van der Waals surface area contributed by atoms with Crippen LogP contribution in [0.3, 0.4) is 0 Å². The summed E-state index contributed by atoms with van der Waals surface area (Å²) in [6.07, 6.45) is 4.02. The molecule has 1 aliphatic heterocycles. The number of thiophene rings is 1. The third-order valence-corrected chi connectivity index (χ3v) is 8.83. The molecule has 1 fully saturated rings. The molecule has 0 bridgehead atoms. The number of nitrogens with two attached hydrogens (primary N) is 1. The summed E-state index contributed by atoms with van der Waals surface area (Å²) in [7, 11) is -2.28. The molecule has 0 spiro atoms. The lowest BCUT2D eigenvalue weighted by atomic mass is 9.98. The molecule has 0 atom stereocenters. The van der Waals surface area contributed by atoms with Gasteiger partial charge in [-0.25, -0.2) is 18.1 Å². The lowest BCUT2D eigenvalue weighted by molar-refractivity contribution is -0.121. The van der Waals surface area contributed by atoms with Gasteiger partial charge in [0.1, 0.15) is 21.7 Å². The summed E-state index contributed by atoms with van der Waals surface area (Å²) in [6, 6.07) is 3.04. The molecule has 2 amide bonds. The van der Waals surface area contributed by atoms with Crippen molar-refractivity contribution in [3.05, 3.63) is 45.6 Å². The third kappa shape index (κ3) is 4.30. The van der Waals surface area contributed by atoms with Gasteiger partial charge >= 0.3 is 0 Å². The highest BCUT2D eigenvalue weighted by Gasteiger charge is 2.33. The molecule has 4 heterocycles. The first-order valence-electron chi connectivity index (χ1n) is 10.4. The Morgan fingerprint density at radius 2 is 1.97 bits per heavy atom. The Morgan fingerprint density at radius 3 is 2.58 bits per heavy atom. The highest BCUT2D eigenvalue weighted by molar-refractivity contribution is 7.89. The number of nitrogens with zero attached hydrogens (tertiary/aromatic N) is 4. The van der Waals surface area contributed by atoms with E-state index in [4.69, 9.17) is 5.73 Å². The predicted octanol–water partition coefficient (Wildman–Crippen LogP) is 0.629. The number of rotatable bonds is 6. The van der Waals surface area contributed by atoms with Crippen molar-refractivity contribution in [3.63, 3.8) is 0 Å². The molecule has 0 unspecified atom stereocenters. The molecule has 13 heteroatoms. The van der Waals surface area contributed by atoms with E-state index in [0.717, 1.165) is 16.0 Å². The van der Waals surface area contributed by atoms with Crippen LogP contribution in [0.4, 0.5) is 0 Å². The van der Waals surface area contributed by atoms with Crippen LogP contribution in [-0.4, -0.2) is 51.9 Å². The Hall–Kier alpha value is -3.03. The predicted molar refractivity (Wildman–Crippen MR) is 123 cm³/mol. The van der Waals surface area contributed by atoms with E-state index < -0.39 is 21.8 Å². The molecule has 3 aromatic rings. The van der Waals surface area contributed by atoms with Crippen molar-refractivity contribution >= 4 is 43.4 Å². The standard InChI is InChI=1S/C20H24N6O5S2/c1-3-13-8-15-19(32-13)22-11-26(20(15)29)23-18(28)12-4-6-25(7-5-12)33(30,31)14-9-16(17(21)27)24(2)10-14/h8-12H,3-7H2,1-2H3,(H2,21,27)(H,23,28). The maximum absolute atomic E-state index is 12.9. The first kappa shape index (κ1) is 23.1. The zero-order valence-corrected chi connectivity index (χ0v) is 19.8. The molecule has 176 valence electrons. The van der Waals surface area contributed by atoms with Crippen molar-refractivity contribution in [1.82, 2.24) is 18.5 Å². The second-order valence-electron chi connectivity index (χ2n) is 7.90. The fourth-order valence-electron chi connectivity index (χ4n) is 3.86. The Labute approximate surface area is 193 Å². The molecular weight excluding hydrogens is 468 g/mol. The van der Waals surface area contributed by atoms with Crippen LogP contribution in [0.25, 0.3) is 10.2 Å². The van der Waals surface area contributed by atoms with Gasteiger partial charge in [-0.05, 0) is 31.4 Å².